The van der Waals surface area contributed by atoms with E-state index >= 15 is 0 Å². The van der Waals surface area contributed by atoms with Crippen molar-refractivity contribution < 1.29 is 9.90 Å². The maximum absolute atomic E-state index is 10.9. The Balaban J connectivity index is 2.16. The summed E-state index contributed by atoms with van der Waals surface area (Å²) in [6.45, 7) is 11.8. The second-order valence-corrected chi connectivity index (χ2v) is 8.85. The highest BCUT2D eigenvalue weighted by Crippen LogP contribution is 2.60. The zero-order valence-corrected chi connectivity index (χ0v) is 15.2. The van der Waals surface area contributed by atoms with Gasteiger partial charge in [-0.05, 0) is 68.1 Å². The number of hydrogen-bond acceptors (Lipinski definition) is 1. The standard InChI is InChI=1S/C20H34O2/c1-14(13-18(21)22)7-9-16-15(2)8-10-17-19(3,4)11-6-12-20(16,17)5/h14,17H,6-13H2,1-5H3,(H,21,22)/t14?,17-,20+/m0/s1. The molecule has 2 aliphatic rings. The molecular formula is C20H34O2. The van der Waals surface area contributed by atoms with Gasteiger partial charge in [0.1, 0.15) is 0 Å². The van der Waals surface area contributed by atoms with E-state index in [1.807, 2.05) is 0 Å². The molecule has 0 bridgehead atoms. The predicted octanol–water partition coefficient (Wildman–Crippen LogP) is 5.82. The topological polar surface area (TPSA) is 37.3 Å². The van der Waals surface area contributed by atoms with Gasteiger partial charge < -0.3 is 5.11 Å². The summed E-state index contributed by atoms with van der Waals surface area (Å²) in [5.41, 5.74) is 4.08. The van der Waals surface area contributed by atoms with Crippen molar-refractivity contribution in [2.45, 2.75) is 86.0 Å². The van der Waals surface area contributed by atoms with Crippen LogP contribution >= 0.6 is 0 Å². The Labute approximate surface area is 136 Å². The van der Waals surface area contributed by atoms with Gasteiger partial charge in [0.25, 0.3) is 0 Å². The van der Waals surface area contributed by atoms with Crippen molar-refractivity contribution >= 4 is 5.97 Å². The molecule has 0 saturated heterocycles. The van der Waals surface area contributed by atoms with Gasteiger partial charge >= 0.3 is 5.97 Å². The molecular weight excluding hydrogens is 272 g/mol. The van der Waals surface area contributed by atoms with E-state index < -0.39 is 5.97 Å². The van der Waals surface area contributed by atoms with Crippen LogP contribution < -0.4 is 0 Å². The fourth-order valence-electron chi connectivity index (χ4n) is 5.48. The number of carboxylic acid groups (broad SMARTS) is 1. The molecule has 2 rings (SSSR count). The normalized spacial score (nSPS) is 32.5. The monoisotopic (exact) mass is 306 g/mol. The molecule has 0 aromatic rings. The van der Waals surface area contributed by atoms with Crippen molar-refractivity contribution in [2.24, 2.45) is 22.7 Å². The first kappa shape index (κ1) is 17.6. The summed E-state index contributed by atoms with van der Waals surface area (Å²) in [4.78, 5) is 10.9. The molecule has 3 atom stereocenters. The van der Waals surface area contributed by atoms with E-state index in [1.165, 1.54) is 32.1 Å². The molecule has 1 fully saturated rings. The summed E-state index contributed by atoms with van der Waals surface area (Å²) >= 11 is 0. The molecule has 1 N–H and O–H groups in total. The molecule has 0 aromatic carbocycles. The van der Waals surface area contributed by atoms with Gasteiger partial charge in [-0.2, -0.15) is 0 Å². The second-order valence-electron chi connectivity index (χ2n) is 8.85. The van der Waals surface area contributed by atoms with E-state index in [4.69, 9.17) is 5.11 Å². The lowest BCUT2D eigenvalue weighted by atomic mass is 9.50. The van der Waals surface area contributed by atoms with Gasteiger partial charge in [-0.1, -0.05) is 45.3 Å². The third-order valence-corrected chi connectivity index (χ3v) is 6.65. The van der Waals surface area contributed by atoms with Crippen LogP contribution in [0.15, 0.2) is 11.1 Å². The van der Waals surface area contributed by atoms with E-state index in [0.29, 0.717) is 17.3 Å². The van der Waals surface area contributed by atoms with Crippen LogP contribution in [0.4, 0.5) is 0 Å². The van der Waals surface area contributed by atoms with Gasteiger partial charge in [-0.15, -0.1) is 0 Å². The first-order valence-corrected chi connectivity index (χ1v) is 9.07. The maximum atomic E-state index is 10.9. The van der Waals surface area contributed by atoms with E-state index in [2.05, 4.69) is 34.6 Å². The molecule has 0 heterocycles. The molecule has 22 heavy (non-hydrogen) atoms. The van der Waals surface area contributed by atoms with E-state index in [9.17, 15) is 4.79 Å². The molecule has 1 unspecified atom stereocenters. The van der Waals surface area contributed by atoms with Gasteiger partial charge in [-0.3, -0.25) is 4.79 Å². The largest absolute Gasteiger partial charge is 0.481 e. The van der Waals surface area contributed by atoms with Gasteiger partial charge in [0.05, 0.1) is 0 Å². The van der Waals surface area contributed by atoms with Gasteiger partial charge in [0.2, 0.25) is 0 Å². The molecule has 2 aliphatic carbocycles. The second kappa shape index (κ2) is 6.37. The summed E-state index contributed by atoms with van der Waals surface area (Å²) in [5, 5.41) is 8.97. The molecule has 0 radical (unpaired) electrons. The van der Waals surface area contributed by atoms with Crippen LogP contribution in [-0.4, -0.2) is 11.1 Å². The Morgan fingerprint density at radius 2 is 2.00 bits per heavy atom. The average molecular weight is 306 g/mol. The minimum atomic E-state index is -0.662. The van der Waals surface area contributed by atoms with Crippen molar-refractivity contribution in [2.75, 3.05) is 0 Å². The van der Waals surface area contributed by atoms with Crippen molar-refractivity contribution in [1.82, 2.24) is 0 Å². The SMILES string of the molecule is CC1=C(CCC(C)CC(=O)O)[C@@]2(C)CCCC(C)(C)[C@@H]2CC1. The number of carboxylic acids is 1. The summed E-state index contributed by atoms with van der Waals surface area (Å²) in [7, 11) is 0. The third kappa shape index (κ3) is 3.41. The lowest BCUT2D eigenvalue weighted by Crippen LogP contribution is -2.45. The molecule has 0 aliphatic heterocycles. The zero-order chi connectivity index (χ0) is 16.5. The summed E-state index contributed by atoms with van der Waals surface area (Å²) in [6, 6.07) is 0. The lowest BCUT2D eigenvalue weighted by molar-refractivity contribution is -0.138. The van der Waals surface area contributed by atoms with Crippen LogP contribution in [-0.2, 0) is 4.79 Å². The molecule has 0 spiro atoms. The zero-order valence-electron chi connectivity index (χ0n) is 15.2. The minimum absolute atomic E-state index is 0.276. The number of aliphatic carboxylic acids is 1. The van der Waals surface area contributed by atoms with E-state index in [0.717, 1.165) is 18.8 Å². The smallest absolute Gasteiger partial charge is 0.303 e. The van der Waals surface area contributed by atoms with Gasteiger partial charge in [0.15, 0.2) is 0 Å². The highest BCUT2D eigenvalue weighted by atomic mass is 16.4. The fraction of sp³-hybridized carbons (Fsp3) is 0.850. The van der Waals surface area contributed by atoms with Crippen molar-refractivity contribution in [3.63, 3.8) is 0 Å². The third-order valence-electron chi connectivity index (χ3n) is 6.65. The number of rotatable bonds is 5. The maximum Gasteiger partial charge on any atom is 0.303 e. The number of fused-ring (bicyclic) bond motifs is 1. The quantitative estimate of drug-likeness (QED) is 0.650. The number of hydrogen-bond donors (Lipinski definition) is 1. The van der Waals surface area contributed by atoms with E-state index in [-0.39, 0.29) is 5.92 Å². The Morgan fingerprint density at radius 3 is 2.64 bits per heavy atom. The Hall–Kier alpha value is -0.790. The number of carbonyl (C=O) groups is 1. The van der Waals surface area contributed by atoms with Crippen molar-refractivity contribution in [3.8, 4) is 0 Å². The average Bonchev–Trinajstić information content (AvgIpc) is 2.35. The van der Waals surface area contributed by atoms with Crippen LogP contribution in [0.25, 0.3) is 0 Å². The molecule has 1 saturated carbocycles. The summed E-state index contributed by atoms with van der Waals surface area (Å²) < 4.78 is 0. The molecule has 0 amide bonds. The van der Waals surface area contributed by atoms with Crippen LogP contribution in [0.3, 0.4) is 0 Å². The summed E-state index contributed by atoms with van der Waals surface area (Å²) in [5.74, 6) is 0.408. The first-order chi connectivity index (χ1) is 10.2. The predicted molar refractivity (Wildman–Crippen MR) is 91.8 cm³/mol. The lowest BCUT2D eigenvalue weighted by Gasteiger charge is -2.55. The fourth-order valence-corrected chi connectivity index (χ4v) is 5.48. The van der Waals surface area contributed by atoms with Crippen molar-refractivity contribution in [1.29, 1.82) is 0 Å². The van der Waals surface area contributed by atoms with Crippen LogP contribution in [0.5, 0.6) is 0 Å². The van der Waals surface area contributed by atoms with Gasteiger partial charge in [-0.25, -0.2) is 0 Å². The van der Waals surface area contributed by atoms with E-state index in [1.54, 1.807) is 11.1 Å². The summed E-state index contributed by atoms with van der Waals surface area (Å²) in [6.07, 6.45) is 9.01. The Kier molecular flexibility index (Phi) is 5.09. The molecule has 126 valence electrons. The van der Waals surface area contributed by atoms with Gasteiger partial charge in [0, 0.05) is 6.42 Å². The minimum Gasteiger partial charge on any atom is -0.481 e. The highest BCUT2D eigenvalue weighted by Gasteiger charge is 2.49. The van der Waals surface area contributed by atoms with Crippen LogP contribution in [0, 0.1) is 22.7 Å². The highest BCUT2D eigenvalue weighted by molar-refractivity contribution is 5.66. The van der Waals surface area contributed by atoms with Crippen LogP contribution in [0.1, 0.15) is 86.0 Å². The first-order valence-electron chi connectivity index (χ1n) is 9.07. The molecule has 0 aromatic heterocycles. The Bertz CT molecular complexity index is 460. The van der Waals surface area contributed by atoms with Crippen molar-refractivity contribution in [3.05, 3.63) is 11.1 Å². The van der Waals surface area contributed by atoms with Crippen LogP contribution in [0.2, 0.25) is 0 Å². The molecule has 2 heteroatoms. The molecule has 2 nitrogen and oxygen atoms in total. The number of allylic oxidation sites excluding steroid dienone is 2. The Morgan fingerprint density at radius 1 is 1.32 bits per heavy atom.